The average Bonchev–Trinajstić information content (AvgIpc) is 2.37. The van der Waals surface area contributed by atoms with Crippen molar-refractivity contribution in [2.24, 2.45) is 0 Å². The van der Waals surface area contributed by atoms with E-state index in [-0.39, 0.29) is 16.7 Å². The summed E-state index contributed by atoms with van der Waals surface area (Å²) in [5, 5.41) is 8.90. The molecule has 0 bridgehead atoms. The molecule has 2 nitrogen and oxygen atoms in total. The first-order valence-corrected chi connectivity index (χ1v) is 5.14. The summed E-state index contributed by atoms with van der Waals surface area (Å²) in [5.74, 6) is -0.682. The van der Waals surface area contributed by atoms with Crippen LogP contribution in [0.3, 0.4) is 0 Å². The molecule has 0 atom stereocenters. The van der Waals surface area contributed by atoms with E-state index in [2.05, 4.69) is 4.98 Å². The molecule has 1 heterocycles. The Hall–Kier alpha value is -2.42. The Balaban J connectivity index is 2.64. The molecule has 0 saturated heterocycles. The maximum Gasteiger partial charge on any atom is 0.416 e. The largest absolute Gasteiger partial charge is 0.416 e. The molecule has 0 unspecified atom stereocenters. The summed E-state index contributed by atoms with van der Waals surface area (Å²) in [4.78, 5) is 3.56. The number of benzene rings is 1. The SMILES string of the molecule is N#Cc1ccc(C(F)(F)F)cc1-c1cncc(F)c1. The van der Waals surface area contributed by atoms with Gasteiger partial charge < -0.3 is 0 Å². The zero-order chi connectivity index (χ0) is 14.0. The number of hydrogen-bond donors (Lipinski definition) is 0. The molecule has 19 heavy (non-hydrogen) atoms. The monoisotopic (exact) mass is 266 g/mol. The van der Waals surface area contributed by atoms with Crippen LogP contribution in [-0.4, -0.2) is 4.98 Å². The molecule has 96 valence electrons. The summed E-state index contributed by atoms with van der Waals surface area (Å²) in [6.45, 7) is 0. The lowest BCUT2D eigenvalue weighted by Gasteiger charge is -2.10. The molecule has 0 fully saturated rings. The van der Waals surface area contributed by atoms with Gasteiger partial charge >= 0.3 is 6.18 Å². The molecule has 0 N–H and O–H groups in total. The van der Waals surface area contributed by atoms with Crippen molar-refractivity contribution in [1.29, 1.82) is 5.26 Å². The number of nitrogens with zero attached hydrogens (tertiary/aromatic N) is 2. The number of alkyl halides is 3. The Morgan fingerprint density at radius 1 is 1.11 bits per heavy atom. The van der Waals surface area contributed by atoms with Crippen LogP contribution < -0.4 is 0 Å². The van der Waals surface area contributed by atoms with E-state index in [0.717, 1.165) is 30.5 Å². The second-order valence-electron chi connectivity index (χ2n) is 3.76. The molecule has 2 aromatic rings. The van der Waals surface area contributed by atoms with Crippen LogP contribution in [0, 0.1) is 17.1 Å². The van der Waals surface area contributed by atoms with Gasteiger partial charge in [0.1, 0.15) is 5.82 Å². The lowest BCUT2D eigenvalue weighted by molar-refractivity contribution is -0.137. The molecule has 1 aromatic carbocycles. The van der Waals surface area contributed by atoms with Crippen molar-refractivity contribution in [1.82, 2.24) is 4.98 Å². The van der Waals surface area contributed by atoms with E-state index in [1.165, 1.54) is 6.20 Å². The van der Waals surface area contributed by atoms with Crippen molar-refractivity contribution in [2.45, 2.75) is 6.18 Å². The third-order valence-corrected chi connectivity index (χ3v) is 2.48. The van der Waals surface area contributed by atoms with E-state index < -0.39 is 17.6 Å². The minimum atomic E-state index is -4.52. The van der Waals surface area contributed by atoms with Crippen LogP contribution in [0.25, 0.3) is 11.1 Å². The highest BCUT2D eigenvalue weighted by molar-refractivity contribution is 5.70. The molecule has 2 rings (SSSR count). The van der Waals surface area contributed by atoms with Crippen LogP contribution >= 0.6 is 0 Å². The molecule has 0 amide bonds. The third kappa shape index (κ3) is 2.71. The highest BCUT2D eigenvalue weighted by Gasteiger charge is 2.31. The van der Waals surface area contributed by atoms with E-state index in [1.54, 1.807) is 6.07 Å². The third-order valence-electron chi connectivity index (χ3n) is 2.48. The topological polar surface area (TPSA) is 36.7 Å². The number of rotatable bonds is 1. The maximum atomic E-state index is 13.1. The van der Waals surface area contributed by atoms with Gasteiger partial charge in [0.05, 0.1) is 23.4 Å². The molecule has 0 aliphatic rings. The minimum Gasteiger partial charge on any atom is -0.261 e. The Kier molecular flexibility index (Phi) is 3.21. The Morgan fingerprint density at radius 2 is 1.84 bits per heavy atom. The van der Waals surface area contributed by atoms with Gasteiger partial charge in [0.2, 0.25) is 0 Å². The van der Waals surface area contributed by atoms with Crippen molar-refractivity contribution in [2.75, 3.05) is 0 Å². The van der Waals surface area contributed by atoms with Crippen molar-refractivity contribution in [3.63, 3.8) is 0 Å². The second-order valence-corrected chi connectivity index (χ2v) is 3.76. The fourth-order valence-electron chi connectivity index (χ4n) is 1.62. The lowest BCUT2D eigenvalue weighted by Crippen LogP contribution is -2.05. The van der Waals surface area contributed by atoms with Crippen molar-refractivity contribution < 1.29 is 17.6 Å². The Morgan fingerprint density at radius 3 is 2.42 bits per heavy atom. The number of halogens is 4. The first-order chi connectivity index (χ1) is 8.91. The summed E-state index contributed by atoms with van der Waals surface area (Å²) in [6, 6.07) is 5.49. The van der Waals surface area contributed by atoms with Crippen LogP contribution in [0.5, 0.6) is 0 Å². The molecule has 0 radical (unpaired) electrons. The fraction of sp³-hybridized carbons (Fsp3) is 0.0769. The van der Waals surface area contributed by atoms with Crippen molar-refractivity contribution >= 4 is 0 Å². The van der Waals surface area contributed by atoms with Crippen LogP contribution in [-0.2, 0) is 6.18 Å². The van der Waals surface area contributed by atoms with E-state index >= 15 is 0 Å². The Labute approximate surface area is 105 Å². The molecular formula is C13H6F4N2. The minimum absolute atomic E-state index is 0.00400. The fourth-order valence-corrected chi connectivity index (χ4v) is 1.62. The first kappa shape index (κ1) is 13.0. The number of nitriles is 1. The molecule has 0 spiro atoms. The predicted octanol–water partition coefficient (Wildman–Crippen LogP) is 3.78. The van der Waals surface area contributed by atoms with Crippen molar-refractivity contribution in [3.8, 4) is 17.2 Å². The first-order valence-electron chi connectivity index (χ1n) is 5.14. The van der Waals surface area contributed by atoms with Crippen molar-refractivity contribution in [3.05, 3.63) is 53.6 Å². The summed E-state index contributed by atoms with van der Waals surface area (Å²) in [6.07, 6.45) is -2.38. The van der Waals surface area contributed by atoms with Gasteiger partial charge in [-0.3, -0.25) is 4.98 Å². The summed E-state index contributed by atoms with van der Waals surface area (Å²) in [7, 11) is 0. The van der Waals surface area contributed by atoms with Crippen LogP contribution in [0.1, 0.15) is 11.1 Å². The number of pyridine rings is 1. The molecule has 6 heteroatoms. The van der Waals surface area contributed by atoms with E-state index in [0.29, 0.717) is 0 Å². The average molecular weight is 266 g/mol. The molecule has 0 aliphatic carbocycles. The van der Waals surface area contributed by atoms with Gasteiger partial charge in [-0.15, -0.1) is 0 Å². The molecule has 0 aliphatic heterocycles. The highest BCUT2D eigenvalue weighted by atomic mass is 19.4. The van der Waals surface area contributed by atoms with E-state index in [4.69, 9.17) is 5.26 Å². The molecule has 0 saturated carbocycles. The number of hydrogen-bond acceptors (Lipinski definition) is 2. The maximum absolute atomic E-state index is 13.1. The van der Waals surface area contributed by atoms with Gasteiger partial charge in [-0.1, -0.05) is 0 Å². The van der Waals surface area contributed by atoms with E-state index in [1.807, 2.05) is 0 Å². The van der Waals surface area contributed by atoms with Gasteiger partial charge in [0.15, 0.2) is 0 Å². The van der Waals surface area contributed by atoms with E-state index in [9.17, 15) is 17.6 Å². The van der Waals surface area contributed by atoms with Gasteiger partial charge in [0, 0.05) is 17.3 Å². The predicted molar refractivity (Wildman–Crippen MR) is 59.3 cm³/mol. The van der Waals surface area contributed by atoms with Gasteiger partial charge in [-0.25, -0.2) is 4.39 Å². The molecular weight excluding hydrogens is 260 g/mol. The van der Waals surface area contributed by atoms with Gasteiger partial charge in [-0.2, -0.15) is 18.4 Å². The smallest absolute Gasteiger partial charge is 0.261 e. The van der Waals surface area contributed by atoms with Gasteiger partial charge in [-0.05, 0) is 24.3 Å². The highest BCUT2D eigenvalue weighted by Crippen LogP contribution is 2.33. The number of aromatic nitrogens is 1. The Bertz CT molecular complexity index is 656. The van der Waals surface area contributed by atoms with Gasteiger partial charge in [0.25, 0.3) is 0 Å². The standard InChI is InChI=1S/C13H6F4N2/c14-11-3-9(6-19-7-11)12-4-10(13(15,16)17)2-1-8(12)5-18/h1-4,6-7H. The lowest BCUT2D eigenvalue weighted by atomic mass is 9.99. The summed E-state index contributed by atoms with van der Waals surface area (Å²) in [5.41, 5.74) is -0.738. The van der Waals surface area contributed by atoms with Crippen LogP contribution in [0.2, 0.25) is 0 Å². The zero-order valence-corrected chi connectivity index (χ0v) is 9.37. The zero-order valence-electron chi connectivity index (χ0n) is 9.37. The quantitative estimate of drug-likeness (QED) is 0.736. The van der Waals surface area contributed by atoms with Crippen LogP contribution in [0.4, 0.5) is 17.6 Å². The summed E-state index contributed by atoms with van der Waals surface area (Å²) >= 11 is 0. The second kappa shape index (κ2) is 4.69. The van der Waals surface area contributed by atoms with Crippen LogP contribution in [0.15, 0.2) is 36.7 Å². The molecule has 1 aromatic heterocycles. The summed E-state index contributed by atoms with van der Waals surface area (Å²) < 4.78 is 50.9. The normalized spacial score (nSPS) is 11.1.